The van der Waals surface area contributed by atoms with Gasteiger partial charge in [-0.05, 0) is 31.2 Å². The lowest BCUT2D eigenvalue weighted by Crippen LogP contribution is -3.08. The minimum atomic E-state index is -0.198. The number of amides is 2. The summed E-state index contributed by atoms with van der Waals surface area (Å²) >= 11 is 0. The summed E-state index contributed by atoms with van der Waals surface area (Å²) < 4.78 is 0. The molecular formula is C22H31N4O2+. The largest absolute Gasteiger partial charge is 0.378 e. The molecule has 2 N–H and O–H groups in total. The molecule has 2 aromatic rings. The number of benzene rings is 2. The Morgan fingerprint density at radius 1 is 0.964 bits per heavy atom. The molecule has 2 amide bonds. The van der Waals surface area contributed by atoms with E-state index in [1.54, 1.807) is 7.05 Å². The molecule has 0 radical (unpaired) electrons. The van der Waals surface area contributed by atoms with Gasteiger partial charge in [-0.15, -0.1) is 0 Å². The molecule has 6 nitrogen and oxygen atoms in total. The van der Waals surface area contributed by atoms with Crippen LogP contribution in [-0.2, 0) is 16.1 Å². The lowest BCUT2D eigenvalue weighted by atomic mass is 10.2. The molecule has 0 spiro atoms. The number of nitrogens with one attached hydrogen (secondary N) is 2. The van der Waals surface area contributed by atoms with Crippen LogP contribution in [0, 0.1) is 6.92 Å². The van der Waals surface area contributed by atoms with Gasteiger partial charge in [0, 0.05) is 38.1 Å². The van der Waals surface area contributed by atoms with Crippen molar-refractivity contribution in [3.8, 4) is 0 Å². The predicted octanol–water partition coefficient (Wildman–Crippen LogP) is 1.17. The third-order valence-electron chi connectivity index (χ3n) is 4.55. The van der Waals surface area contributed by atoms with Crippen LogP contribution in [0.15, 0.2) is 48.5 Å². The first kappa shape index (κ1) is 21.4. The lowest BCUT2D eigenvalue weighted by Gasteiger charge is -2.20. The first-order chi connectivity index (χ1) is 13.2. The molecule has 0 aliphatic rings. The predicted molar refractivity (Wildman–Crippen MR) is 114 cm³/mol. The molecule has 0 saturated carbocycles. The number of carbonyl (C=O) groups excluding carboxylic acids is 2. The number of aryl methyl sites for hydroxylation is 1. The molecule has 0 saturated heterocycles. The van der Waals surface area contributed by atoms with Crippen LogP contribution in [-0.4, -0.2) is 58.0 Å². The second-order valence-corrected chi connectivity index (χ2v) is 7.54. The number of anilines is 2. The van der Waals surface area contributed by atoms with E-state index in [1.807, 2.05) is 52.3 Å². The topological polar surface area (TPSA) is 57.1 Å². The summed E-state index contributed by atoms with van der Waals surface area (Å²) in [6.07, 6.45) is 0. The van der Waals surface area contributed by atoms with Crippen LogP contribution in [0.1, 0.15) is 11.1 Å². The highest BCUT2D eigenvalue weighted by Crippen LogP contribution is 2.11. The van der Waals surface area contributed by atoms with E-state index in [9.17, 15) is 9.59 Å². The maximum absolute atomic E-state index is 12.4. The van der Waals surface area contributed by atoms with E-state index in [4.69, 9.17) is 0 Å². The van der Waals surface area contributed by atoms with Crippen molar-refractivity contribution in [3.63, 3.8) is 0 Å². The maximum Gasteiger partial charge on any atom is 0.277 e. The first-order valence-corrected chi connectivity index (χ1v) is 9.42. The highest BCUT2D eigenvalue weighted by atomic mass is 16.2. The summed E-state index contributed by atoms with van der Waals surface area (Å²) in [7, 11) is 7.67. The minimum Gasteiger partial charge on any atom is -0.378 e. The fourth-order valence-electron chi connectivity index (χ4n) is 2.86. The molecule has 28 heavy (non-hydrogen) atoms. The second kappa shape index (κ2) is 9.90. The smallest absolute Gasteiger partial charge is 0.277 e. The van der Waals surface area contributed by atoms with Crippen molar-refractivity contribution in [1.29, 1.82) is 0 Å². The van der Waals surface area contributed by atoms with Gasteiger partial charge in [0.05, 0.1) is 13.6 Å². The van der Waals surface area contributed by atoms with E-state index in [1.165, 1.54) is 10.5 Å². The Bertz CT molecular complexity index is 785. The first-order valence-electron chi connectivity index (χ1n) is 9.42. The SMILES string of the molecule is Cc1ccc(NC(=O)CN(C)C(=O)C[NH+](C)Cc2ccc(N(C)C)cc2)cc1. The van der Waals surface area contributed by atoms with Crippen LogP contribution in [0.4, 0.5) is 11.4 Å². The Labute approximate surface area is 167 Å². The van der Waals surface area contributed by atoms with Crippen LogP contribution >= 0.6 is 0 Å². The Balaban J connectivity index is 1.80. The molecule has 1 atom stereocenters. The van der Waals surface area contributed by atoms with Crippen LogP contribution in [0.25, 0.3) is 0 Å². The average Bonchev–Trinajstić information content (AvgIpc) is 2.63. The average molecular weight is 384 g/mol. The highest BCUT2D eigenvalue weighted by molar-refractivity contribution is 5.94. The minimum absolute atomic E-state index is 0.0392. The molecular weight excluding hydrogens is 352 g/mol. The van der Waals surface area contributed by atoms with Gasteiger partial charge >= 0.3 is 0 Å². The molecule has 0 fully saturated rings. The van der Waals surface area contributed by atoms with Gasteiger partial charge in [-0.3, -0.25) is 9.59 Å². The van der Waals surface area contributed by atoms with Gasteiger partial charge < -0.3 is 20.0 Å². The number of likely N-dealkylation sites (N-methyl/N-ethyl adjacent to an activating group) is 2. The second-order valence-electron chi connectivity index (χ2n) is 7.54. The van der Waals surface area contributed by atoms with Gasteiger partial charge in [0.1, 0.15) is 6.54 Å². The third kappa shape index (κ3) is 6.70. The van der Waals surface area contributed by atoms with Crippen molar-refractivity contribution in [2.24, 2.45) is 0 Å². The summed E-state index contributed by atoms with van der Waals surface area (Å²) in [5.74, 6) is -0.252. The monoisotopic (exact) mass is 383 g/mol. The van der Waals surface area contributed by atoms with Crippen molar-refractivity contribution in [1.82, 2.24) is 4.90 Å². The van der Waals surface area contributed by atoms with Gasteiger partial charge in [0.15, 0.2) is 6.54 Å². The van der Waals surface area contributed by atoms with E-state index >= 15 is 0 Å². The maximum atomic E-state index is 12.4. The summed E-state index contributed by atoms with van der Waals surface area (Å²) in [5, 5.41) is 2.82. The lowest BCUT2D eigenvalue weighted by molar-refractivity contribution is -0.885. The molecule has 0 aliphatic heterocycles. The van der Waals surface area contributed by atoms with Crippen molar-refractivity contribution in [2.75, 3.05) is 51.5 Å². The van der Waals surface area contributed by atoms with Crippen LogP contribution in [0.3, 0.4) is 0 Å². The summed E-state index contributed by atoms with van der Waals surface area (Å²) in [6.45, 7) is 3.12. The van der Waals surface area contributed by atoms with Gasteiger partial charge in [-0.2, -0.15) is 0 Å². The van der Waals surface area contributed by atoms with E-state index in [-0.39, 0.29) is 18.4 Å². The van der Waals surface area contributed by atoms with Crippen molar-refractivity contribution in [3.05, 3.63) is 59.7 Å². The van der Waals surface area contributed by atoms with Gasteiger partial charge in [0.2, 0.25) is 5.91 Å². The molecule has 150 valence electrons. The van der Waals surface area contributed by atoms with Gasteiger partial charge in [0.25, 0.3) is 5.91 Å². The number of quaternary nitrogens is 1. The van der Waals surface area contributed by atoms with Crippen LogP contribution in [0.5, 0.6) is 0 Å². The zero-order chi connectivity index (χ0) is 20.7. The van der Waals surface area contributed by atoms with E-state index in [0.717, 1.165) is 28.4 Å². The Morgan fingerprint density at radius 3 is 2.14 bits per heavy atom. The van der Waals surface area contributed by atoms with Crippen molar-refractivity contribution in [2.45, 2.75) is 13.5 Å². The normalized spacial score (nSPS) is 11.6. The van der Waals surface area contributed by atoms with Gasteiger partial charge in [-0.1, -0.05) is 29.8 Å². The quantitative estimate of drug-likeness (QED) is 0.720. The third-order valence-corrected chi connectivity index (χ3v) is 4.55. The Kier molecular flexibility index (Phi) is 7.58. The number of hydrogen-bond donors (Lipinski definition) is 2. The zero-order valence-electron chi connectivity index (χ0n) is 17.5. The van der Waals surface area contributed by atoms with Crippen LogP contribution in [0.2, 0.25) is 0 Å². The van der Waals surface area contributed by atoms with Crippen LogP contribution < -0.4 is 15.1 Å². The van der Waals surface area contributed by atoms with Gasteiger partial charge in [-0.25, -0.2) is 0 Å². The number of nitrogens with zero attached hydrogens (tertiary/aromatic N) is 2. The molecule has 6 heteroatoms. The number of carbonyl (C=O) groups is 2. The zero-order valence-corrected chi connectivity index (χ0v) is 17.5. The number of hydrogen-bond acceptors (Lipinski definition) is 3. The fourth-order valence-corrected chi connectivity index (χ4v) is 2.86. The van der Waals surface area contributed by atoms with E-state index in [2.05, 4.69) is 34.5 Å². The van der Waals surface area contributed by atoms with E-state index in [0.29, 0.717) is 6.54 Å². The number of rotatable bonds is 8. The highest BCUT2D eigenvalue weighted by Gasteiger charge is 2.17. The molecule has 0 aliphatic carbocycles. The summed E-state index contributed by atoms with van der Waals surface area (Å²) in [5.41, 5.74) is 4.19. The Morgan fingerprint density at radius 2 is 1.57 bits per heavy atom. The summed E-state index contributed by atoms with van der Waals surface area (Å²) in [4.78, 5) is 29.2. The molecule has 0 aromatic heterocycles. The molecule has 2 rings (SSSR count). The standard InChI is InChI=1S/C22H30N4O2/c1-17-6-10-19(11-7-17)23-21(27)15-26(5)22(28)16-25(4)14-18-8-12-20(13-9-18)24(2)3/h6-13H,14-16H2,1-5H3,(H,23,27)/p+1. The molecule has 0 heterocycles. The van der Waals surface area contributed by atoms with Crippen molar-refractivity contribution < 1.29 is 14.5 Å². The summed E-state index contributed by atoms with van der Waals surface area (Å²) in [6, 6.07) is 15.9. The Hall–Kier alpha value is -2.86. The van der Waals surface area contributed by atoms with Crippen molar-refractivity contribution >= 4 is 23.2 Å². The van der Waals surface area contributed by atoms with E-state index < -0.39 is 0 Å². The molecule has 0 bridgehead atoms. The fraction of sp³-hybridized carbons (Fsp3) is 0.364. The molecule has 2 aromatic carbocycles. The molecule has 1 unspecified atom stereocenters.